The molecule has 1 aromatic heterocycles. The summed E-state index contributed by atoms with van der Waals surface area (Å²) in [6, 6.07) is 1.64. The highest BCUT2D eigenvalue weighted by Gasteiger charge is 2.77. The minimum Gasteiger partial charge on any atom is -0.469 e. The first kappa shape index (κ1) is 23.2. The summed E-state index contributed by atoms with van der Waals surface area (Å²) in [7, 11) is 1.24. The molecule has 0 saturated heterocycles. The minimum absolute atomic E-state index is 0.0224. The third kappa shape index (κ3) is 2.71. The molecule has 4 N–H and O–H groups in total. The van der Waals surface area contributed by atoms with Gasteiger partial charge in [0, 0.05) is 35.7 Å². The van der Waals surface area contributed by atoms with Crippen molar-refractivity contribution in [2.45, 2.75) is 76.5 Å². The predicted molar refractivity (Wildman–Crippen MR) is 109 cm³/mol. The van der Waals surface area contributed by atoms with Crippen LogP contribution in [0.15, 0.2) is 16.7 Å². The molecule has 0 bridgehead atoms. The smallest absolute Gasteiger partial charge is 0.313 e. The van der Waals surface area contributed by atoms with Crippen molar-refractivity contribution in [3.63, 3.8) is 0 Å². The lowest BCUT2D eigenvalue weighted by atomic mass is 9.38. The van der Waals surface area contributed by atoms with Gasteiger partial charge in [-0.1, -0.05) is 20.8 Å². The lowest BCUT2D eigenvalue weighted by molar-refractivity contribution is -0.351. The highest BCUT2D eigenvalue weighted by Crippen LogP contribution is 2.67. The van der Waals surface area contributed by atoms with Crippen molar-refractivity contribution >= 4 is 11.9 Å². The lowest BCUT2D eigenvalue weighted by Gasteiger charge is -2.70. The van der Waals surface area contributed by atoms with Gasteiger partial charge in [0.1, 0.15) is 11.4 Å². The first-order chi connectivity index (χ1) is 14.8. The second kappa shape index (κ2) is 7.28. The fourth-order valence-corrected chi connectivity index (χ4v) is 7.15. The molecule has 0 radical (unpaired) electrons. The van der Waals surface area contributed by atoms with Crippen LogP contribution in [-0.4, -0.2) is 69.5 Å². The van der Waals surface area contributed by atoms with E-state index in [0.29, 0.717) is 11.3 Å². The fourth-order valence-electron chi connectivity index (χ4n) is 7.15. The van der Waals surface area contributed by atoms with Gasteiger partial charge < -0.3 is 34.3 Å². The van der Waals surface area contributed by atoms with Gasteiger partial charge in [-0.3, -0.25) is 9.59 Å². The van der Waals surface area contributed by atoms with Crippen LogP contribution in [0.25, 0.3) is 0 Å². The zero-order valence-corrected chi connectivity index (χ0v) is 18.9. The van der Waals surface area contributed by atoms with Gasteiger partial charge in [0.15, 0.2) is 6.10 Å². The zero-order valence-electron chi connectivity index (χ0n) is 18.9. The van der Waals surface area contributed by atoms with Crippen LogP contribution in [0.1, 0.15) is 51.4 Å². The van der Waals surface area contributed by atoms with Crippen molar-refractivity contribution in [2.75, 3.05) is 7.11 Å². The molecule has 3 aliphatic carbocycles. The molecule has 2 fully saturated rings. The molecule has 32 heavy (non-hydrogen) atoms. The number of aliphatic hydroxyl groups excluding tert-OH is 3. The Labute approximate surface area is 186 Å². The molecular weight excluding hydrogens is 420 g/mol. The Kier molecular flexibility index (Phi) is 5.28. The third-order valence-electron chi connectivity index (χ3n) is 8.56. The van der Waals surface area contributed by atoms with Gasteiger partial charge in [-0.15, -0.1) is 0 Å². The van der Waals surface area contributed by atoms with E-state index in [-0.39, 0.29) is 12.8 Å². The monoisotopic (exact) mass is 452 g/mol. The van der Waals surface area contributed by atoms with E-state index < -0.39 is 70.5 Å². The van der Waals surface area contributed by atoms with Crippen molar-refractivity contribution in [1.29, 1.82) is 0 Å². The number of fused-ring (bicyclic) bond motifs is 4. The number of hydrogen-bond donors (Lipinski definition) is 4. The van der Waals surface area contributed by atoms with E-state index in [0.717, 1.165) is 0 Å². The van der Waals surface area contributed by atoms with Crippen LogP contribution in [0.5, 0.6) is 0 Å². The number of rotatable bonds is 2. The van der Waals surface area contributed by atoms with Gasteiger partial charge in [-0.25, -0.2) is 0 Å². The molecule has 1 heterocycles. The third-order valence-corrected chi connectivity index (χ3v) is 8.56. The quantitative estimate of drug-likeness (QED) is 0.472. The van der Waals surface area contributed by atoms with Gasteiger partial charge >= 0.3 is 11.9 Å². The molecule has 4 rings (SSSR count). The number of methoxy groups -OCH3 is 1. The number of furan rings is 1. The second-order valence-corrected chi connectivity index (χ2v) is 10.4. The van der Waals surface area contributed by atoms with Crippen molar-refractivity contribution < 1.29 is 43.9 Å². The molecule has 178 valence electrons. The maximum Gasteiger partial charge on any atom is 0.313 e. The number of aliphatic hydroxyl groups is 4. The van der Waals surface area contributed by atoms with E-state index in [4.69, 9.17) is 13.9 Å². The molecule has 0 unspecified atom stereocenters. The fraction of sp³-hybridized carbons (Fsp3) is 0.739. The van der Waals surface area contributed by atoms with E-state index in [9.17, 15) is 30.0 Å². The molecule has 9 atom stereocenters. The van der Waals surface area contributed by atoms with Crippen LogP contribution < -0.4 is 0 Å². The average Bonchev–Trinajstić information content (AvgIpc) is 3.19. The first-order valence-corrected chi connectivity index (χ1v) is 10.9. The van der Waals surface area contributed by atoms with Crippen LogP contribution in [0.4, 0.5) is 0 Å². The molecule has 2 saturated carbocycles. The van der Waals surface area contributed by atoms with E-state index in [1.807, 2.05) is 0 Å². The highest BCUT2D eigenvalue weighted by molar-refractivity contribution is 5.79. The minimum atomic E-state index is -1.92. The Hall–Kier alpha value is -1.94. The highest BCUT2D eigenvalue weighted by atomic mass is 16.6. The first-order valence-electron chi connectivity index (χ1n) is 10.9. The maximum absolute atomic E-state index is 12.9. The molecule has 3 aliphatic rings. The Morgan fingerprint density at radius 1 is 1.19 bits per heavy atom. The van der Waals surface area contributed by atoms with Gasteiger partial charge in [0.05, 0.1) is 37.6 Å². The summed E-state index contributed by atoms with van der Waals surface area (Å²) in [5.74, 6) is -3.35. The molecule has 1 aromatic rings. The van der Waals surface area contributed by atoms with Crippen LogP contribution >= 0.6 is 0 Å². The average molecular weight is 453 g/mol. The number of ether oxygens (including phenoxy) is 2. The predicted octanol–water partition coefficient (Wildman–Crippen LogP) is 0.520. The largest absolute Gasteiger partial charge is 0.469 e. The van der Waals surface area contributed by atoms with Crippen molar-refractivity contribution in [1.82, 2.24) is 0 Å². The summed E-state index contributed by atoms with van der Waals surface area (Å²) in [6.07, 6.45) is -3.78. The Morgan fingerprint density at radius 2 is 1.84 bits per heavy atom. The van der Waals surface area contributed by atoms with Crippen molar-refractivity contribution in [2.24, 2.45) is 22.7 Å². The molecule has 0 amide bonds. The summed E-state index contributed by atoms with van der Waals surface area (Å²) in [5, 5.41) is 46.0. The summed E-state index contributed by atoms with van der Waals surface area (Å²) in [5.41, 5.74) is -3.89. The molecular formula is C23H32O9. The summed E-state index contributed by atoms with van der Waals surface area (Å²) >= 11 is 0. The molecule has 0 spiro atoms. The van der Waals surface area contributed by atoms with Gasteiger partial charge in [0.25, 0.3) is 0 Å². The maximum atomic E-state index is 12.9. The number of carbonyl (C=O) groups is 2. The SMILES string of the molecule is COC(=O)[C@@H]1c2ccoc2C[C@@H]2[C@@H]1[C@@H](O)[C@H](OC(C)=O)[C@@]1(O)C(C)(C)C[C@H](O)[C@H](O)[C@]21C. The van der Waals surface area contributed by atoms with Gasteiger partial charge in [0.2, 0.25) is 0 Å². The van der Waals surface area contributed by atoms with Crippen LogP contribution in [0.3, 0.4) is 0 Å². The van der Waals surface area contributed by atoms with Crippen LogP contribution in [0.2, 0.25) is 0 Å². The normalized spacial score (nSPS) is 44.6. The zero-order chi connectivity index (χ0) is 23.8. The standard InChI is InChI=1S/C23H32O9/c1-10(24)32-19-17(26)16-12(8-14-11(6-7-31-14)15(16)20(28)30-5)22(4)18(27)13(25)9-21(2,3)23(19,22)29/h6-7,12-13,15-19,25-27,29H,8-9H2,1-5H3/t12-,13+,15-,16+,17-,18+,19+,22+,23-/m1/s1. The van der Waals surface area contributed by atoms with Gasteiger partial charge in [-0.05, 0) is 18.4 Å². The summed E-state index contributed by atoms with van der Waals surface area (Å²) in [4.78, 5) is 25.0. The number of hydrogen-bond acceptors (Lipinski definition) is 9. The molecule has 0 aliphatic heterocycles. The lowest BCUT2D eigenvalue weighted by Crippen LogP contribution is -2.81. The van der Waals surface area contributed by atoms with E-state index in [1.165, 1.54) is 20.3 Å². The molecule has 9 nitrogen and oxygen atoms in total. The van der Waals surface area contributed by atoms with Crippen LogP contribution in [-0.2, 0) is 25.5 Å². The summed E-state index contributed by atoms with van der Waals surface area (Å²) in [6.45, 7) is 6.23. The van der Waals surface area contributed by atoms with Crippen molar-refractivity contribution in [3.05, 3.63) is 23.7 Å². The molecule has 9 heteroatoms. The van der Waals surface area contributed by atoms with Crippen LogP contribution in [0, 0.1) is 22.7 Å². The van der Waals surface area contributed by atoms with Gasteiger partial charge in [-0.2, -0.15) is 0 Å². The van der Waals surface area contributed by atoms with E-state index in [1.54, 1.807) is 26.8 Å². The molecule has 0 aromatic carbocycles. The van der Waals surface area contributed by atoms with Crippen molar-refractivity contribution in [3.8, 4) is 0 Å². The second-order valence-electron chi connectivity index (χ2n) is 10.4. The Balaban J connectivity index is 2.00. The Morgan fingerprint density at radius 3 is 2.44 bits per heavy atom. The summed E-state index contributed by atoms with van der Waals surface area (Å²) < 4.78 is 16.2. The number of esters is 2. The van der Waals surface area contributed by atoms with E-state index >= 15 is 0 Å². The number of carbonyl (C=O) groups excluding carboxylic acids is 2. The topological polar surface area (TPSA) is 147 Å². The Bertz CT molecular complexity index is 922. The van der Waals surface area contributed by atoms with E-state index in [2.05, 4.69) is 0 Å².